The number of rotatable bonds is 7. The van der Waals surface area contributed by atoms with E-state index < -0.39 is 8.07 Å². The Hall–Kier alpha value is -4.44. The smallest absolute Gasteiger partial charge is 0.349 e. The van der Waals surface area contributed by atoms with Gasteiger partial charge in [-0.15, -0.1) is 11.5 Å². The number of para-hydroxylation sites is 3. The molecule has 6 heteroatoms. The zero-order valence-electron chi connectivity index (χ0n) is 29.5. The predicted octanol–water partition coefficient (Wildman–Crippen LogP) is 9.71. The van der Waals surface area contributed by atoms with Crippen molar-refractivity contribution in [3.05, 3.63) is 139 Å². The SMILES string of the molecule is CC(C)c1ccccc1-c1ccnc(-n2c3[c-]c([Si](C)(C)c4[c-]c(N5CN(C(C)C)c6ccccc65)ccc4)ccc3c3ccccc32)c1.[Pt+2]. The Morgan fingerprint density at radius 1 is 0.700 bits per heavy atom. The zero-order chi connectivity index (χ0) is 33.9. The average Bonchev–Trinajstić information content (AvgIpc) is 3.68. The van der Waals surface area contributed by atoms with E-state index in [0.29, 0.717) is 12.0 Å². The van der Waals surface area contributed by atoms with Crippen molar-refractivity contribution in [2.24, 2.45) is 0 Å². The Balaban J connectivity index is 0.00000392. The number of nitrogens with zero attached hydrogens (tertiary/aromatic N) is 4. The second-order valence-electron chi connectivity index (χ2n) is 14.3. The molecule has 50 heavy (non-hydrogen) atoms. The molecule has 8 rings (SSSR count). The molecule has 0 aliphatic carbocycles. The predicted molar refractivity (Wildman–Crippen MR) is 210 cm³/mol. The van der Waals surface area contributed by atoms with Gasteiger partial charge < -0.3 is 14.4 Å². The summed E-state index contributed by atoms with van der Waals surface area (Å²) in [6.45, 7) is 14.7. The maximum atomic E-state index is 4.96. The number of benzene rings is 5. The number of hydrogen-bond acceptors (Lipinski definition) is 3. The topological polar surface area (TPSA) is 24.3 Å². The summed E-state index contributed by atoms with van der Waals surface area (Å²) < 4.78 is 2.31. The first kappa shape index (κ1) is 34.0. The third kappa shape index (κ3) is 5.71. The monoisotopic (exact) mass is 849 g/mol. The third-order valence-corrected chi connectivity index (χ3v) is 13.5. The van der Waals surface area contributed by atoms with Crippen LogP contribution in [0.15, 0.2) is 121 Å². The summed E-state index contributed by atoms with van der Waals surface area (Å²) >= 11 is 0. The minimum absolute atomic E-state index is 0. The van der Waals surface area contributed by atoms with Crippen LogP contribution in [0.3, 0.4) is 0 Å². The second kappa shape index (κ2) is 13.4. The molecule has 0 atom stereocenters. The molecule has 1 aliphatic rings. The van der Waals surface area contributed by atoms with Crippen molar-refractivity contribution in [3.63, 3.8) is 0 Å². The van der Waals surface area contributed by atoms with Gasteiger partial charge in [-0.05, 0) is 72.2 Å². The van der Waals surface area contributed by atoms with Gasteiger partial charge in [-0.1, -0.05) is 92.7 Å². The molecule has 0 unspecified atom stereocenters. The van der Waals surface area contributed by atoms with Crippen molar-refractivity contribution in [2.75, 3.05) is 16.5 Å². The molecule has 252 valence electrons. The molecule has 2 aromatic heterocycles. The summed E-state index contributed by atoms with van der Waals surface area (Å²) in [7, 11) is -2.23. The first-order valence-corrected chi connectivity index (χ1v) is 20.4. The summed E-state index contributed by atoms with van der Waals surface area (Å²) in [6.07, 6.45) is 1.95. The quantitative estimate of drug-likeness (QED) is 0.118. The summed E-state index contributed by atoms with van der Waals surface area (Å²) in [5.74, 6) is 1.33. The Kier molecular flexibility index (Phi) is 9.09. The molecule has 5 aromatic carbocycles. The van der Waals surface area contributed by atoms with Crippen LogP contribution >= 0.6 is 0 Å². The van der Waals surface area contributed by atoms with Gasteiger partial charge in [0.05, 0.1) is 26.1 Å². The Morgan fingerprint density at radius 2 is 1.42 bits per heavy atom. The van der Waals surface area contributed by atoms with Crippen LogP contribution in [0.1, 0.15) is 39.2 Å². The molecule has 0 saturated heterocycles. The average molecular weight is 850 g/mol. The zero-order valence-corrected chi connectivity index (χ0v) is 32.8. The van der Waals surface area contributed by atoms with E-state index in [1.165, 1.54) is 49.2 Å². The van der Waals surface area contributed by atoms with Crippen LogP contribution in [0.2, 0.25) is 13.1 Å². The Labute approximate surface area is 311 Å². The first-order chi connectivity index (χ1) is 23.7. The number of hydrogen-bond donors (Lipinski definition) is 0. The fourth-order valence-corrected chi connectivity index (χ4v) is 9.65. The molecule has 4 nitrogen and oxygen atoms in total. The summed E-state index contributed by atoms with van der Waals surface area (Å²) in [5, 5.41) is 4.93. The summed E-state index contributed by atoms with van der Waals surface area (Å²) in [6, 6.07) is 50.1. The molecule has 7 aromatic rings. The molecule has 0 bridgehead atoms. The molecule has 0 fully saturated rings. The molecule has 0 N–H and O–H groups in total. The van der Waals surface area contributed by atoms with E-state index in [9.17, 15) is 0 Å². The Bertz CT molecular complexity index is 2340. The van der Waals surface area contributed by atoms with E-state index in [1.54, 1.807) is 0 Å². The molecule has 0 saturated carbocycles. The van der Waals surface area contributed by atoms with E-state index in [4.69, 9.17) is 4.98 Å². The van der Waals surface area contributed by atoms with Gasteiger partial charge in [0.15, 0.2) is 0 Å². The normalized spacial score (nSPS) is 13.0. The number of pyridine rings is 1. The largest absolute Gasteiger partial charge is 2.00 e. The van der Waals surface area contributed by atoms with Crippen molar-refractivity contribution in [1.29, 1.82) is 0 Å². The van der Waals surface area contributed by atoms with Crippen molar-refractivity contribution in [2.45, 2.75) is 52.7 Å². The van der Waals surface area contributed by atoms with E-state index in [2.05, 4.69) is 183 Å². The van der Waals surface area contributed by atoms with Crippen LogP contribution in [-0.4, -0.2) is 30.3 Å². The van der Waals surface area contributed by atoms with E-state index in [1.807, 2.05) is 6.20 Å². The summed E-state index contributed by atoms with van der Waals surface area (Å²) in [4.78, 5) is 9.83. The maximum absolute atomic E-state index is 4.96. The summed E-state index contributed by atoms with van der Waals surface area (Å²) in [5.41, 5.74) is 9.63. The van der Waals surface area contributed by atoms with E-state index >= 15 is 0 Å². The van der Waals surface area contributed by atoms with Crippen LogP contribution in [0.5, 0.6) is 0 Å². The minimum Gasteiger partial charge on any atom is -0.349 e. The molecule has 0 spiro atoms. The standard InChI is InChI=1S/C44H42N4Si.Pt/c1-30(2)36-16-7-8-17-37(36)32-24-25-45-44(26-32)48-40-19-10-9-18-38(40)39-23-22-35(28-43(39)48)49(5,6)34-15-13-14-33(27-34)47-29-46(31(3)4)41-20-11-12-21-42(41)47;/h7-26,30-31H,29H2,1-6H3;/q-2;+2. The van der Waals surface area contributed by atoms with Gasteiger partial charge in [0.25, 0.3) is 0 Å². The molecular weight excluding hydrogens is 808 g/mol. The number of fused-ring (bicyclic) bond motifs is 4. The number of anilines is 3. The number of aromatic nitrogens is 2. The van der Waals surface area contributed by atoms with Gasteiger partial charge in [0, 0.05) is 17.8 Å². The van der Waals surface area contributed by atoms with Crippen LogP contribution < -0.4 is 20.2 Å². The molecule has 0 amide bonds. The Morgan fingerprint density at radius 3 is 2.22 bits per heavy atom. The second-order valence-corrected chi connectivity index (χ2v) is 18.7. The minimum atomic E-state index is -2.23. The van der Waals surface area contributed by atoms with Gasteiger partial charge >= 0.3 is 21.1 Å². The molecule has 1 aliphatic heterocycles. The van der Waals surface area contributed by atoms with Gasteiger partial charge in [-0.25, -0.2) is 4.98 Å². The van der Waals surface area contributed by atoms with Gasteiger partial charge in [-0.3, -0.25) is 0 Å². The van der Waals surface area contributed by atoms with Crippen LogP contribution in [0.25, 0.3) is 38.8 Å². The van der Waals surface area contributed by atoms with Crippen molar-refractivity contribution >= 4 is 57.3 Å². The van der Waals surface area contributed by atoms with Gasteiger partial charge in [-0.2, -0.15) is 46.8 Å². The van der Waals surface area contributed by atoms with Crippen LogP contribution in [0.4, 0.5) is 17.1 Å². The van der Waals surface area contributed by atoms with Crippen molar-refractivity contribution < 1.29 is 21.1 Å². The molecular formula is C44H42N4PtSi. The van der Waals surface area contributed by atoms with Crippen LogP contribution in [-0.2, 0) is 21.1 Å². The fraction of sp³-hybridized carbons (Fsp3) is 0.205. The maximum Gasteiger partial charge on any atom is 2.00 e. The van der Waals surface area contributed by atoms with Gasteiger partial charge in [0.2, 0.25) is 0 Å². The molecule has 0 radical (unpaired) electrons. The van der Waals surface area contributed by atoms with Crippen molar-refractivity contribution in [1.82, 2.24) is 9.55 Å². The van der Waals surface area contributed by atoms with E-state index in [-0.39, 0.29) is 21.1 Å². The van der Waals surface area contributed by atoms with Gasteiger partial charge in [0.1, 0.15) is 5.82 Å². The van der Waals surface area contributed by atoms with Crippen LogP contribution in [0, 0.1) is 12.1 Å². The third-order valence-electron chi connectivity index (χ3n) is 10.3. The molecule has 3 heterocycles. The first-order valence-electron chi connectivity index (χ1n) is 17.4. The van der Waals surface area contributed by atoms with Crippen molar-refractivity contribution in [3.8, 4) is 16.9 Å². The van der Waals surface area contributed by atoms with E-state index in [0.717, 1.165) is 29.2 Å². The fourth-order valence-electron chi connectivity index (χ4n) is 7.48.